The Hall–Kier alpha value is -3.32. The maximum atomic E-state index is 12.9. The molecule has 0 fully saturated rings. The molecule has 8 heteroatoms. The van der Waals surface area contributed by atoms with Crippen LogP contribution in [0.25, 0.3) is 17.0 Å². The molecule has 166 valence electrons. The Balaban J connectivity index is 1.80. The van der Waals surface area contributed by atoms with Crippen LogP contribution in [-0.2, 0) is 0 Å². The number of nitrogens with zero attached hydrogens (tertiary/aromatic N) is 3. The number of urea groups is 1. The van der Waals surface area contributed by atoms with Crippen LogP contribution in [0.1, 0.15) is 38.3 Å². The molecule has 0 bridgehead atoms. The van der Waals surface area contributed by atoms with E-state index in [4.69, 9.17) is 20.9 Å². The Morgan fingerprint density at radius 3 is 2.66 bits per heavy atom. The van der Waals surface area contributed by atoms with Gasteiger partial charge in [-0.15, -0.1) is 0 Å². The van der Waals surface area contributed by atoms with Crippen molar-refractivity contribution in [3.05, 3.63) is 70.7 Å². The molecule has 32 heavy (non-hydrogen) atoms. The number of benzene rings is 2. The Morgan fingerprint density at radius 1 is 1.22 bits per heavy atom. The first-order chi connectivity index (χ1) is 15.4. The standard InChI is InChI=1S/C24H25ClN4O3/c1-14(2)13-29-15(3)20(21(26-24(29)30)16-8-10-18(25)11-9-16)23-27-22(28-32-23)17-6-5-7-19(12-17)31-4/h5-12,14,21H,13H2,1-4H3,(H,26,30). The minimum absolute atomic E-state index is 0.160. The molecule has 1 aliphatic heterocycles. The highest BCUT2D eigenvalue weighted by molar-refractivity contribution is 6.30. The van der Waals surface area contributed by atoms with Crippen LogP contribution in [0.3, 0.4) is 0 Å². The van der Waals surface area contributed by atoms with Crippen LogP contribution in [0.2, 0.25) is 5.02 Å². The average molecular weight is 453 g/mol. The van der Waals surface area contributed by atoms with E-state index in [0.29, 0.717) is 34.9 Å². The van der Waals surface area contributed by atoms with Crippen molar-refractivity contribution in [1.29, 1.82) is 0 Å². The third-order valence-corrected chi connectivity index (χ3v) is 5.58. The smallest absolute Gasteiger partial charge is 0.322 e. The van der Waals surface area contributed by atoms with Gasteiger partial charge >= 0.3 is 6.03 Å². The van der Waals surface area contributed by atoms with Gasteiger partial charge in [-0.1, -0.05) is 54.9 Å². The number of rotatable bonds is 6. The summed E-state index contributed by atoms with van der Waals surface area (Å²) in [6.07, 6.45) is 0. The van der Waals surface area contributed by atoms with Crippen molar-refractivity contribution in [2.24, 2.45) is 5.92 Å². The van der Waals surface area contributed by atoms with Gasteiger partial charge in [0.15, 0.2) is 0 Å². The van der Waals surface area contributed by atoms with E-state index < -0.39 is 6.04 Å². The molecular formula is C24H25ClN4O3. The number of allylic oxidation sites excluding steroid dienone is 1. The first-order valence-corrected chi connectivity index (χ1v) is 10.8. The van der Waals surface area contributed by atoms with Crippen molar-refractivity contribution in [1.82, 2.24) is 20.4 Å². The van der Waals surface area contributed by atoms with Crippen LogP contribution in [0.15, 0.2) is 58.8 Å². The van der Waals surface area contributed by atoms with Crippen molar-refractivity contribution in [2.45, 2.75) is 26.8 Å². The van der Waals surface area contributed by atoms with Gasteiger partial charge < -0.3 is 14.6 Å². The number of halogens is 1. The van der Waals surface area contributed by atoms with Gasteiger partial charge in [-0.05, 0) is 42.7 Å². The molecule has 3 aromatic rings. The molecule has 2 heterocycles. The Labute approximate surface area is 192 Å². The van der Waals surface area contributed by atoms with E-state index in [2.05, 4.69) is 29.3 Å². The van der Waals surface area contributed by atoms with Crippen molar-refractivity contribution < 1.29 is 14.1 Å². The van der Waals surface area contributed by atoms with E-state index in [1.165, 1.54) is 0 Å². The Bertz CT molecular complexity index is 1150. The molecule has 2 aromatic carbocycles. The van der Waals surface area contributed by atoms with Gasteiger partial charge in [-0.3, -0.25) is 4.90 Å². The summed E-state index contributed by atoms with van der Waals surface area (Å²) < 4.78 is 11.0. The summed E-state index contributed by atoms with van der Waals surface area (Å²) in [6, 6.07) is 14.2. The quantitative estimate of drug-likeness (QED) is 0.530. The minimum atomic E-state index is -0.443. The second kappa shape index (κ2) is 9.04. The number of hydrogen-bond acceptors (Lipinski definition) is 5. The minimum Gasteiger partial charge on any atom is -0.497 e. The SMILES string of the molecule is COc1cccc(-c2noc(C3=C(C)N(CC(C)C)C(=O)NC3c3ccc(Cl)cc3)n2)c1. The molecule has 0 aliphatic carbocycles. The number of carbonyl (C=O) groups is 1. The number of methoxy groups -OCH3 is 1. The molecule has 0 saturated heterocycles. The fourth-order valence-corrected chi connectivity index (χ4v) is 3.89. The lowest BCUT2D eigenvalue weighted by Crippen LogP contribution is -2.47. The van der Waals surface area contributed by atoms with Gasteiger partial charge in [0, 0.05) is 22.8 Å². The highest BCUT2D eigenvalue weighted by Crippen LogP contribution is 2.38. The largest absolute Gasteiger partial charge is 0.497 e. The number of ether oxygens (including phenoxy) is 1. The second-order valence-corrected chi connectivity index (χ2v) is 8.53. The molecule has 0 spiro atoms. The topological polar surface area (TPSA) is 80.5 Å². The van der Waals surface area contributed by atoms with Crippen LogP contribution in [0, 0.1) is 5.92 Å². The fraction of sp³-hybridized carbons (Fsp3) is 0.292. The fourth-order valence-electron chi connectivity index (χ4n) is 3.76. The number of carbonyl (C=O) groups excluding carboxylic acids is 1. The van der Waals surface area contributed by atoms with E-state index in [9.17, 15) is 4.79 Å². The van der Waals surface area contributed by atoms with Crippen LogP contribution in [0.5, 0.6) is 5.75 Å². The number of amides is 2. The zero-order chi connectivity index (χ0) is 22.8. The summed E-state index contributed by atoms with van der Waals surface area (Å²) >= 11 is 6.08. The number of nitrogens with one attached hydrogen (secondary N) is 1. The van der Waals surface area contributed by atoms with Gasteiger partial charge in [0.2, 0.25) is 5.82 Å². The van der Waals surface area contributed by atoms with Gasteiger partial charge in [0.25, 0.3) is 5.89 Å². The highest BCUT2D eigenvalue weighted by Gasteiger charge is 2.35. The van der Waals surface area contributed by atoms with Gasteiger partial charge in [-0.2, -0.15) is 4.98 Å². The molecule has 1 aliphatic rings. The Morgan fingerprint density at radius 2 is 1.97 bits per heavy atom. The third kappa shape index (κ3) is 4.34. The molecule has 1 atom stereocenters. The van der Waals surface area contributed by atoms with Crippen LogP contribution < -0.4 is 10.1 Å². The lowest BCUT2D eigenvalue weighted by Gasteiger charge is -2.36. The third-order valence-electron chi connectivity index (χ3n) is 5.33. The second-order valence-electron chi connectivity index (χ2n) is 8.09. The molecule has 1 unspecified atom stereocenters. The van der Waals surface area contributed by atoms with Gasteiger partial charge in [0.1, 0.15) is 5.75 Å². The van der Waals surface area contributed by atoms with Crippen molar-refractivity contribution in [3.8, 4) is 17.1 Å². The van der Waals surface area contributed by atoms with E-state index in [1.54, 1.807) is 24.1 Å². The summed E-state index contributed by atoms with van der Waals surface area (Å²) in [5.41, 5.74) is 3.19. The van der Waals surface area contributed by atoms with E-state index >= 15 is 0 Å². The summed E-state index contributed by atoms with van der Waals surface area (Å²) in [5, 5.41) is 7.91. The molecule has 0 radical (unpaired) electrons. The van der Waals surface area contributed by atoms with Crippen LogP contribution in [-0.4, -0.2) is 34.7 Å². The van der Waals surface area contributed by atoms with E-state index in [0.717, 1.165) is 22.4 Å². The maximum absolute atomic E-state index is 12.9. The van der Waals surface area contributed by atoms with Crippen molar-refractivity contribution in [3.63, 3.8) is 0 Å². The summed E-state index contributed by atoms with van der Waals surface area (Å²) in [6.45, 7) is 6.62. The first kappa shape index (κ1) is 21.9. The predicted octanol–water partition coefficient (Wildman–Crippen LogP) is 5.55. The molecule has 4 rings (SSSR count). The molecule has 2 amide bonds. The first-order valence-electron chi connectivity index (χ1n) is 10.4. The van der Waals surface area contributed by atoms with Gasteiger partial charge in [-0.25, -0.2) is 4.79 Å². The molecular weight excluding hydrogens is 428 g/mol. The molecule has 1 aromatic heterocycles. The summed E-state index contributed by atoms with van der Waals surface area (Å²) in [5.74, 6) is 1.80. The summed E-state index contributed by atoms with van der Waals surface area (Å²) in [4.78, 5) is 19.3. The van der Waals surface area contributed by atoms with Crippen LogP contribution >= 0.6 is 11.6 Å². The van der Waals surface area contributed by atoms with Gasteiger partial charge in [0.05, 0.1) is 18.7 Å². The normalized spacial score (nSPS) is 16.5. The maximum Gasteiger partial charge on any atom is 0.322 e. The average Bonchev–Trinajstić information content (AvgIpc) is 3.26. The Kier molecular flexibility index (Phi) is 6.19. The predicted molar refractivity (Wildman–Crippen MR) is 123 cm³/mol. The number of hydrogen-bond donors (Lipinski definition) is 1. The molecule has 7 nitrogen and oxygen atoms in total. The van der Waals surface area contributed by atoms with Crippen LogP contribution in [0.4, 0.5) is 4.79 Å². The van der Waals surface area contributed by atoms with Crippen molar-refractivity contribution >= 4 is 23.2 Å². The zero-order valence-electron chi connectivity index (χ0n) is 18.4. The number of aromatic nitrogens is 2. The molecule has 0 saturated carbocycles. The van der Waals surface area contributed by atoms with E-state index in [1.807, 2.05) is 43.3 Å². The van der Waals surface area contributed by atoms with Crippen molar-refractivity contribution in [2.75, 3.05) is 13.7 Å². The lowest BCUT2D eigenvalue weighted by atomic mass is 9.94. The molecule has 1 N–H and O–H groups in total. The zero-order valence-corrected chi connectivity index (χ0v) is 19.2. The summed E-state index contributed by atoms with van der Waals surface area (Å²) in [7, 11) is 1.61. The lowest BCUT2D eigenvalue weighted by molar-refractivity contribution is 0.199. The highest BCUT2D eigenvalue weighted by atomic mass is 35.5. The van der Waals surface area contributed by atoms with E-state index in [-0.39, 0.29) is 6.03 Å². The monoisotopic (exact) mass is 452 g/mol.